The summed E-state index contributed by atoms with van der Waals surface area (Å²) in [6.07, 6.45) is 1.60. The Morgan fingerprint density at radius 3 is 2.62 bits per heavy atom. The Bertz CT molecular complexity index is 608. The Morgan fingerprint density at radius 2 is 2.00 bits per heavy atom. The minimum atomic E-state index is -0.207. The molecule has 21 heavy (non-hydrogen) atoms. The largest absolute Gasteiger partial charge is 0.327 e. The number of aromatic nitrogens is 1. The van der Waals surface area contributed by atoms with E-state index in [1.807, 2.05) is 45.0 Å². The predicted molar refractivity (Wildman–Crippen MR) is 86.2 cm³/mol. The van der Waals surface area contributed by atoms with Crippen molar-refractivity contribution in [1.82, 2.24) is 4.98 Å². The van der Waals surface area contributed by atoms with Gasteiger partial charge in [-0.05, 0) is 62.1 Å². The molecule has 0 amide bonds. The Balaban J connectivity index is 2.17. The first-order valence-electron chi connectivity index (χ1n) is 7.15. The van der Waals surface area contributed by atoms with E-state index in [0.717, 1.165) is 28.3 Å². The minimum Gasteiger partial charge on any atom is -0.327 e. The van der Waals surface area contributed by atoms with Crippen molar-refractivity contribution in [2.75, 3.05) is 0 Å². The van der Waals surface area contributed by atoms with Crippen LogP contribution in [0.4, 0.5) is 4.39 Å². The molecule has 2 rings (SSSR count). The highest BCUT2D eigenvalue weighted by molar-refractivity contribution is 7.99. The lowest BCUT2D eigenvalue weighted by Crippen LogP contribution is -2.21. The van der Waals surface area contributed by atoms with Crippen LogP contribution in [0.5, 0.6) is 0 Å². The third-order valence-corrected chi connectivity index (χ3v) is 4.28. The zero-order chi connectivity index (χ0) is 15.4. The molecule has 0 aliphatic rings. The second-order valence-electron chi connectivity index (χ2n) is 5.36. The molecule has 112 valence electrons. The highest BCUT2D eigenvalue weighted by Gasteiger charge is 2.09. The maximum atomic E-state index is 14.2. The zero-order valence-electron chi connectivity index (χ0n) is 12.7. The third kappa shape index (κ3) is 4.55. The van der Waals surface area contributed by atoms with Gasteiger partial charge >= 0.3 is 0 Å². The van der Waals surface area contributed by atoms with Crippen LogP contribution in [-0.2, 0) is 6.42 Å². The molecule has 0 aliphatic heterocycles. The fourth-order valence-electron chi connectivity index (χ4n) is 2.17. The van der Waals surface area contributed by atoms with Crippen molar-refractivity contribution in [2.45, 2.75) is 49.6 Å². The lowest BCUT2D eigenvalue weighted by molar-refractivity contribution is 0.592. The van der Waals surface area contributed by atoms with Gasteiger partial charge in [-0.25, -0.2) is 9.37 Å². The van der Waals surface area contributed by atoms with Gasteiger partial charge in [0.05, 0.1) is 0 Å². The number of benzene rings is 1. The van der Waals surface area contributed by atoms with Crippen molar-refractivity contribution >= 4 is 11.8 Å². The van der Waals surface area contributed by atoms with Gasteiger partial charge in [0.15, 0.2) is 0 Å². The van der Waals surface area contributed by atoms with Crippen LogP contribution in [0.25, 0.3) is 0 Å². The highest BCUT2D eigenvalue weighted by atomic mass is 32.2. The van der Waals surface area contributed by atoms with Gasteiger partial charge < -0.3 is 5.73 Å². The van der Waals surface area contributed by atoms with Crippen LogP contribution < -0.4 is 5.73 Å². The van der Waals surface area contributed by atoms with Gasteiger partial charge in [-0.15, -0.1) is 0 Å². The Kier molecular flexibility index (Phi) is 5.37. The predicted octanol–water partition coefficient (Wildman–Crippen LogP) is 4.27. The van der Waals surface area contributed by atoms with E-state index >= 15 is 0 Å². The lowest BCUT2D eigenvalue weighted by atomic mass is 10.0. The molecule has 2 aromatic rings. The molecule has 1 heterocycles. The summed E-state index contributed by atoms with van der Waals surface area (Å²) in [5.74, 6) is -0.207. The lowest BCUT2D eigenvalue weighted by Gasteiger charge is -2.10. The first kappa shape index (κ1) is 16.0. The van der Waals surface area contributed by atoms with Crippen molar-refractivity contribution in [2.24, 2.45) is 5.73 Å². The topological polar surface area (TPSA) is 38.9 Å². The standard InChI is InChI=1S/C17H21FN2S/c1-4-14(19)9-13-5-6-16(15(18)10-13)21-17-8-11(2)7-12(3)20-17/h5-8,10,14H,4,9,19H2,1-3H3. The molecule has 0 saturated carbocycles. The van der Waals surface area contributed by atoms with E-state index in [2.05, 4.69) is 4.98 Å². The van der Waals surface area contributed by atoms with Gasteiger partial charge in [0.25, 0.3) is 0 Å². The Hall–Kier alpha value is -1.39. The van der Waals surface area contributed by atoms with Crippen LogP contribution in [-0.4, -0.2) is 11.0 Å². The molecule has 1 aromatic carbocycles. The van der Waals surface area contributed by atoms with Crippen LogP contribution in [0.1, 0.15) is 30.2 Å². The summed E-state index contributed by atoms with van der Waals surface area (Å²) < 4.78 is 14.2. The molecular weight excluding hydrogens is 283 g/mol. The van der Waals surface area contributed by atoms with E-state index in [0.29, 0.717) is 11.3 Å². The summed E-state index contributed by atoms with van der Waals surface area (Å²) in [4.78, 5) is 5.03. The number of hydrogen-bond donors (Lipinski definition) is 1. The molecule has 0 fully saturated rings. The number of pyridine rings is 1. The van der Waals surface area contributed by atoms with Gasteiger partial charge in [0.1, 0.15) is 10.8 Å². The summed E-state index contributed by atoms with van der Waals surface area (Å²) in [6, 6.07) is 9.42. The molecule has 0 bridgehead atoms. The molecule has 0 spiro atoms. The minimum absolute atomic E-state index is 0.0870. The number of rotatable bonds is 5. The fourth-order valence-corrected chi connectivity index (χ4v) is 3.12. The molecule has 2 N–H and O–H groups in total. The quantitative estimate of drug-likeness (QED) is 0.896. The zero-order valence-corrected chi connectivity index (χ0v) is 13.5. The molecule has 1 aromatic heterocycles. The maximum Gasteiger partial charge on any atom is 0.137 e. The fraction of sp³-hybridized carbons (Fsp3) is 0.353. The van der Waals surface area contributed by atoms with Crippen LogP contribution in [0.15, 0.2) is 40.3 Å². The van der Waals surface area contributed by atoms with Crippen LogP contribution in [0.2, 0.25) is 0 Å². The second kappa shape index (κ2) is 7.05. The van der Waals surface area contributed by atoms with E-state index < -0.39 is 0 Å². The maximum absolute atomic E-state index is 14.2. The summed E-state index contributed by atoms with van der Waals surface area (Å²) in [5, 5.41) is 0.824. The van der Waals surface area contributed by atoms with Gasteiger partial charge in [0, 0.05) is 16.6 Å². The summed E-state index contributed by atoms with van der Waals surface area (Å²) in [7, 11) is 0. The van der Waals surface area contributed by atoms with E-state index in [1.54, 1.807) is 6.07 Å². The molecule has 0 aliphatic carbocycles. The number of hydrogen-bond acceptors (Lipinski definition) is 3. The normalized spacial score (nSPS) is 12.4. The van der Waals surface area contributed by atoms with Crippen LogP contribution >= 0.6 is 11.8 Å². The third-order valence-electron chi connectivity index (χ3n) is 3.31. The molecule has 1 unspecified atom stereocenters. The number of nitrogens with zero attached hydrogens (tertiary/aromatic N) is 1. The van der Waals surface area contributed by atoms with E-state index in [1.165, 1.54) is 11.8 Å². The monoisotopic (exact) mass is 304 g/mol. The number of nitrogens with two attached hydrogens (primary N) is 1. The van der Waals surface area contributed by atoms with Crippen molar-refractivity contribution < 1.29 is 4.39 Å². The molecule has 0 saturated heterocycles. The average Bonchev–Trinajstić information content (AvgIpc) is 2.40. The Labute approximate surface area is 130 Å². The second-order valence-corrected chi connectivity index (χ2v) is 6.43. The van der Waals surface area contributed by atoms with E-state index in [9.17, 15) is 4.39 Å². The van der Waals surface area contributed by atoms with Crippen molar-refractivity contribution in [1.29, 1.82) is 0 Å². The van der Waals surface area contributed by atoms with Crippen molar-refractivity contribution in [3.8, 4) is 0 Å². The molecule has 0 radical (unpaired) electrons. The smallest absolute Gasteiger partial charge is 0.137 e. The first-order valence-corrected chi connectivity index (χ1v) is 7.96. The van der Waals surface area contributed by atoms with E-state index in [4.69, 9.17) is 5.73 Å². The summed E-state index contributed by atoms with van der Waals surface area (Å²) in [5.41, 5.74) is 8.94. The van der Waals surface area contributed by atoms with Crippen LogP contribution in [0.3, 0.4) is 0 Å². The Morgan fingerprint density at radius 1 is 1.24 bits per heavy atom. The molecule has 1 atom stereocenters. The SMILES string of the molecule is CCC(N)Cc1ccc(Sc2cc(C)cc(C)n2)c(F)c1. The van der Waals surface area contributed by atoms with Gasteiger partial charge in [-0.1, -0.05) is 24.8 Å². The van der Waals surface area contributed by atoms with Gasteiger partial charge in [0.2, 0.25) is 0 Å². The van der Waals surface area contributed by atoms with Crippen molar-refractivity contribution in [3.05, 3.63) is 53.0 Å². The van der Waals surface area contributed by atoms with E-state index in [-0.39, 0.29) is 11.9 Å². The summed E-state index contributed by atoms with van der Waals surface area (Å²) >= 11 is 1.36. The van der Waals surface area contributed by atoms with Crippen molar-refractivity contribution in [3.63, 3.8) is 0 Å². The average molecular weight is 304 g/mol. The number of halogens is 1. The van der Waals surface area contributed by atoms with Gasteiger partial charge in [-0.3, -0.25) is 0 Å². The summed E-state index contributed by atoms with van der Waals surface area (Å²) in [6.45, 7) is 6.00. The van der Waals surface area contributed by atoms with Gasteiger partial charge in [-0.2, -0.15) is 0 Å². The number of aryl methyl sites for hydroxylation is 2. The molecule has 4 heteroatoms. The molecule has 2 nitrogen and oxygen atoms in total. The molecular formula is C17H21FN2S. The highest BCUT2D eigenvalue weighted by Crippen LogP contribution is 2.30. The van der Waals surface area contributed by atoms with Crippen LogP contribution in [0, 0.1) is 19.7 Å². The first-order chi connectivity index (χ1) is 9.97.